The highest BCUT2D eigenvalue weighted by Gasteiger charge is 2.33. The van der Waals surface area contributed by atoms with Crippen molar-refractivity contribution in [1.29, 1.82) is 0 Å². The quantitative estimate of drug-likeness (QED) is 0.643. The van der Waals surface area contributed by atoms with Gasteiger partial charge < -0.3 is 9.47 Å². The summed E-state index contributed by atoms with van der Waals surface area (Å²) in [6.45, 7) is 1.82. The second-order valence-electron chi connectivity index (χ2n) is 5.64. The van der Waals surface area contributed by atoms with Gasteiger partial charge in [-0.25, -0.2) is 9.78 Å². The smallest absolute Gasteiger partial charge is 0.418 e. The molecule has 142 valence electrons. The zero-order valence-electron chi connectivity index (χ0n) is 14.4. The summed E-state index contributed by atoms with van der Waals surface area (Å²) in [5.74, 6) is 0.512. The Hall–Kier alpha value is -2.81. The number of hydrogen-bond donors (Lipinski definition) is 1. The Morgan fingerprint density at radius 1 is 1.26 bits per heavy atom. The molecule has 1 amide bonds. The van der Waals surface area contributed by atoms with Gasteiger partial charge in [0, 0.05) is 5.69 Å². The number of halogens is 3. The number of benzene rings is 2. The summed E-state index contributed by atoms with van der Waals surface area (Å²) in [7, 11) is 1.27. The van der Waals surface area contributed by atoms with Crippen molar-refractivity contribution in [2.75, 3.05) is 12.4 Å². The number of anilines is 1. The maximum Gasteiger partial charge on any atom is 0.418 e. The fraction of sp³-hybridized carbons (Fsp3) is 0.222. The van der Waals surface area contributed by atoms with E-state index in [9.17, 15) is 18.0 Å². The van der Waals surface area contributed by atoms with Crippen LogP contribution in [0.5, 0.6) is 5.75 Å². The van der Waals surface area contributed by atoms with Crippen LogP contribution in [0, 0.1) is 6.92 Å². The molecule has 0 fully saturated rings. The number of fused-ring (bicyclic) bond motifs is 1. The van der Waals surface area contributed by atoms with E-state index in [0.717, 1.165) is 23.0 Å². The number of thiazole rings is 1. The molecule has 0 aliphatic carbocycles. The summed E-state index contributed by atoms with van der Waals surface area (Å²) in [4.78, 5) is 15.3. The minimum absolute atomic E-state index is 0.0415. The Morgan fingerprint density at radius 2 is 2.04 bits per heavy atom. The third-order valence-electron chi connectivity index (χ3n) is 3.75. The molecule has 0 unspecified atom stereocenters. The van der Waals surface area contributed by atoms with Crippen LogP contribution in [0.25, 0.3) is 10.2 Å². The van der Waals surface area contributed by atoms with Crippen LogP contribution < -0.4 is 10.1 Å². The molecule has 27 heavy (non-hydrogen) atoms. The number of ether oxygens (including phenoxy) is 2. The lowest BCUT2D eigenvalue weighted by Crippen LogP contribution is -2.11. The van der Waals surface area contributed by atoms with E-state index in [1.807, 2.05) is 0 Å². The van der Waals surface area contributed by atoms with Crippen molar-refractivity contribution in [2.45, 2.75) is 19.7 Å². The van der Waals surface area contributed by atoms with Crippen LogP contribution in [0.1, 0.15) is 16.1 Å². The number of amides is 1. The largest absolute Gasteiger partial charge is 0.486 e. The lowest BCUT2D eigenvalue weighted by Gasteiger charge is -2.10. The second kappa shape index (κ2) is 7.43. The molecule has 5 nitrogen and oxygen atoms in total. The van der Waals surface area contributed by atoms with Crippen molar-refractivity contribution in [3.8, 4) is 5.75 Å². The molecule has 1 N–H and O–H groups in total. The van der Waals surface area contributed by atoms with Gasteiger partial charge in [0.15, 0.2) is 0 Å². The molecule has 3 aromatic rings. The molecule has 1 aromatic heterocycles. The van der Waals surface area contributed by atoms with Crippen LogP contribution in [-0.2, 0) is 17.5 Å². The highest BCUT2D eigenvalue weighted by molar-refractivity contribution is 7.18. The maximum absolute atomic E-state index is 13.1. The average Bonchev–Trinajstić information content (AvgIpc) is 3.03. The highest BCUT2D eigenvalue weighted by Crippen LogP contribution is 2.36. The first-order chi connectivity index (χ1) is 12.8. The van der Waals surface area contributed by atoms with Gasteiger partial charge in [0.05, 0.1) is 22.9 Å². The molecule has 0 spiro atoms. The van der Waals surface area contributed by atoms with Crippen molar-refractivity contribution < 1.29 is 27.4 Å². The van der Waals surface area contributed by atoms with E-state index in [2.05, 4.69) is 15.0 Å². The number of carbonyl (C=O) groups is 1. The van der Waals surface area contributed by atoms with Crippen LogP contribution in [-0.4, -0.2) is 18.2 Å². The molecule has 0 saturated carbocycles. The molecular weight excluding hydrogens is 381 g/mol. The normalized spacial score (nSPS) is 11.4. The fourth-order valence-corrected chi connectivity index (χ4v) is 3.36. The summed E-state index contributed by atoms with van der Waals surface area (Å²) in [5.41, 5.74) is 0.504. The molecule has 9 heteroatoms. The van der Waals surface area contributed by atoms with Gasteiger partial charge in [-0.05, 0) is 42.8 Å². The number of aryl methyl sites for hydroxylation is 1. The number of alkyl halides is 3. The van der Waals surface area contributed by atoms with E-state index in [1.165, 1.54) is 13.2 Å². The van der Waals surface area contributed by atoms with Crippen LogP contribution >= 0.6 is 11.3 Å². The SMILES string of the molecule is COC(=O)Nc1ccc(OCc2nc3c(C(F)(F)F)cccc3s2)cc1C. The molecule has 1 heterocycles. The summed E-state index contributed by atoms with van der Waals surface area (Å²) < 4.78 is 49.8. The lowest BCUT2D eigenvalue weighted by molar-refractivity contribution is -0.136. The van der Waals surface area contributed by atoms with Crippen LogP contribution in [0.4, 0.5) is 23.7 Å². The molecule has 0 atom stereocenters. The Bertz CT molecular complexity index is 986. The van der Waals surface area contributed by atoms with Gasteiger partial charge in [-0.3, -0.25) is 5.32 Å². The van der Waals surface area contributed by atoms with Crippen molar-refractivity contribution in [3.63, 3.8) is 0 Å². The first-order valence-electron chi connectivity index (χ1n) is 7.82. The molecule has 0 bridgehead atoms. The van der Waals surface area contributed by atoms with E-state index in [-0.39, 0.29) is 12.1 Å². The van der Waals surface area contributed by atoms with Gasteiger partial charge in [0.25, 0.3) is 0 Å². The minimum atomic E-state index is -4.45. The number of nitrogens with zero attached hydrogens (tertiary/aromatic N) is 1. The molecule has 0 aliphatic heterocycles. The Morgan fingerprint density at radius 3 is 2.70 bits per heavy atom. The number of rotatable bonds is 4. The lowest BCUT2D eigenvalue weighted by atomic mass is 10.2. The van der Waals surface area contributed by atoms with Crippen molar-refractivity contribution >= 4 is 33.3 Å². The van der Waals surface area contributed by atoms with Gasteiger partial charge in [-0.2, -0.15) is 13.2 Å². The first-order valence-corrected chi connectivity index (χ1v) is 8.63. The topological polar surface area (TPSA) is 60.5 Å². The van der Waals surface area contributed by atoms with Gasteiger partial charge in [0.2, 0.25) is 0 Å². The Balaban J connectivity index is 1.75. The van der Waals surface area contributed by atoms with Gasteiger partial charge in [-0.15, -0.1) is 11.3 Å². The minimum Gasteiger partial charge on any atom is -0.486 e. The van der Waals surface area contributed by atoms with Gasteiger partial charge in [-0.1, -0.05) is 6.07 Å². The summed E-state index contributed by atoms with van der Waals surface area (Å²) in [5, 5.41) is 3.01. The summed E-state index contributed by atoms with van der Waals surface area (Å²) in [6, 6.07) is 8.99. The molecule has 3 rings (SSSR count). The zero-order valence-corrected chi connectivity index (χ0v) is 15.2. The van der Waals surface area contributed by atoms with Gasteiger partial charge in [0.1, 0.15) is 17.4 Å². The van der Waals surface area contributed by atoms with E-state index in [0.29, 0.717) is 21.1 Å². The van der Waals surface area contributed by atoms with E-state index >= 15 is 0 Å². The van der Waals surface area contributed by atoms with Crippen LogP contribution in [0.2, 0.25) is 0 Å². The number of hydrogen-bond acceptors (Lipinski definition) is 5. The number of carbonyl (C=O) groups excluding carboxylic acids is 1. The highest BCUT2D eigenvalue weighted by atomic mass is 32.1. The summed E-state index contributed by atoms with van der Waals surface area (Å²) >= 11 is 1.16. The molecule has 2 aromatic carbocycles. The van der Waals surface area contributed by atoms with E-state index in [1.54, 1.807) is 31.2 Å². The predicted molar refractivity (Wildman–Crippen MR) is 96.2 cm³/mol. The van der Waals surface area contributed by atoms with E-state index < -0.39 is 17.8 Å². The maximum atomic E-state index is 13.1. The molecular formula is C18H15F3N2O3S. The zero-order chi connectivity index (χ0) is 19.6. The fourth-order valence-electron chi connectivity index (χ4n) is 2.46. The van der Waals surface area contributed by atoms with Crippen LogP contribution in [0.15, 0.2) is 36.4 Å². The third kappa shape index (κ3) is 4.30. The van der Waals surface area contributed by atoms with Gasteiger partial charge >= 0.3 is 12.3 Å². The third-order valence-corrected chi connectivity index (χ3v) is 4.75. The monoisotopic (exact) mass is 396 g/mol. The second-order valence-corrected chi connectivity index (χ2v) is 6.75. The number of methoxy groups -OCH3 is 1. The molecule has 0 saturated heterocycles. The standard InChI is InChI=1S/C18H15F3N2O3S/c1-10-8-11(6-7-13(10)22-17(24)25-2)26-9-15-23-16-12(18(19,20)21)4-3-5-14(16)27-15/h3-8H,9H2,1-2H3,(H,22,24). The number of para-hydroxylation sites is 1. The Kier molecular flexibility index (Phi) is 5.22. The number of nitrogens with one attached hydrogen (secondary N) is 1. The first kappa shape index (κ1) is 19.0. The predicted octanol–water partition coefficient (Wildman–Crippen LogP) is 5.38. The number of aromatic nitrogens is 1. The van der Waals surface area contributed by atoms with Crippen molar-refractivity contribution in [1.82, 2.24) is 4.98 Å². The van der Waals surface area contributed by atoms with Crippen molar-refractivity contribution in [2.24, 2.45) is 0 Å². The summed E-state index contributed by atoms with van der Waals surface area (Å²) in [6.07, 6.45) is -5.03. The van der Waals surface area contributed by atoms with Crippen molar-refractivity contribution in [3.05, 3.63) is 52.5 Å². The van der Waals surface area contributed by atoms with E-state index in [4.69, 9.17) is 4.74 Å². The molecule has 0 radical (unpaired) electrons. The van der Waals surface area contributed by atoms with Crippen LogP contribution in [0.3, 0.4) is 0 Å². The average molecular weight is 396 g/mol. The molecule has 0 aliphatic rings. The Labute approximate surface area is 156 Å².